The van der Waals surface area contributed by atoms with E-state index in [4.69, 9.17) is 23.9 Å². The van der Waals surface area contributed by atoms with Crippen LogP contribution in [0.3, 0.4) is 0 Å². The quantitative estimate of drug-likeness (QED) is 0.489. The molecule has 0 unspecified atom stereocenters. The maximum atomic E-state index is 13.3. The van der Waals surface area contributed by atoms with Crippen LogP contribution in [0.15, 0.2) is 42.5 Å². The van der Waals surface area contributed by atoms with Crippen LogP contribution < -0.4 is 9.47 Å². The summed E-state index contributed by atoms with van der Waals surface area (Å²) in [7, 11) is 3.21. The van der Waals surface area contributed by atoms with E-state index in [0.29, 0.717) is 55.3 Å². The number of allylic oxidation sites excluding steroid dienone is 1. The first-order valence-electron chi connectivity index (χ1n) is 12.0. The molecule has 1 aliphatic heterocycles. The van der Waals surface area contributed by atoms with Gasteiger partial charge >= 0.3 is 5.97 Å². The highest BCUT2D eigenvalue weighted by Crippen LogP contribution is 2.38. The Kier molecular flexibility index (Phi) is 6.86. The Morgan fingerprint density at radius 2 is 1.81 bits per heavy atom. The number of para-hydroxylation sites is 1. The minimum atomic E-state index is -0.501. The van der Waals surface area contributed by atoms with Crippen LogP contribution >= 0.6 is 0 Å². The van der Waals surface area contributed by atoms with Crippen molar-refractivity contribution in [3.05, 3.63) is 64.8 Å². The maximum absolute atomic E-state index is 13.3. The summed E-state index contributed by atoms with van der Waals surface area (Å²) in [5.41, 5.74) is 4.82. The molecule has 1 aliphatic carbocycles. The van der Waals surface area contributed by atoms with Crippen molar-refractivity contribution in [3.8, 4) is 11.5 Å². The summed E-state index contributed by atoms with van der Waals surface area (Å²) in [6.07, 6.45) is 3.46. The average molecular weight is 489 g/mol. The number of fused-ring (bicyclic) bond motifs is 2. The van der Waals surface area contributed by atoms with Crippen LogP contribution in [0.1, 0.15) is 33.6 Å². The number of nitrogens with zero attached hydrogens (tertiary/aromatic N) is 2. The molecule has 0 radical (unpaired) electrons. The number of amides is 1. The lowest BCUT2D eigenvalue weighted by molar-refractivity contribution is -0.138. The monoisotopic (exact) mass is 488 g/mol. The molecule has 0 bridgehead atoms. The van der Waals surface area contributed by atoms with E-state index in [2.05, 4.69) is 6.08 Å². The number of aromatic nitrogens is 1. The van der Waals surface area contributed by atoms with Crippen molar-refractivity contribution >= 4 is 34.4 Å². The zero-order chi connectivity index (χ0) is 25.1. The summed E-state index contributed by atoms with van der Waals surface area (Å²) < 4.78 is 21.6. The van der Waals surface area contributed by atoms with Gasteiger partial charge in [0.15, 0.2) is 18.1 Å². The zero-order valence-electron chi connectivity index (χ0n) is 20.4. The van der Waals surface area contributed by atoms with E-state index in [-0.39, 0.29) is 12.5 Å². The maximum Gasteiger partial charge on any atom is 0.339 e. The van der Waals surface area contributed by atoms with Gasteiger partial charge in [0, 0.05) is 18.5 Å². The smallest absolute Gasteiger partial charge is 0.339 e. The number of carbonyl (C=O) groups excluding carboxylic acids is 2. The summed E-state index contributed by atoms with van der Waals surface area (Å²) >= 11 is 0. The van der Waals surface area contributed by atoms with Gasteiger partial charge in [-0.25, -0.2) is 9.78 Å². The van der Waals surface area contributed by atoms with Crippen molar-refractivity contribution in [2.75, 3.05) is 47.1 Å². The lowest BCUT2D eigenvalue weighted by Crippen LogP contribution is -2.42. The molecule has 5 rings (SSSR count). The van der Waals surface area contributed by atoms with Crippen LogP contribution in [0.5, 0.6) is 11.5 Å². The average Bonchev–Trinajstić information content (AvgIpc) is 3.32. The highest BCUT2D eigenvalue weighted by molar-refractivity contribution is 6.07. The molecule has 3 aromatic rings. The van der Waals surface area contributed by atoms with Crippen molar-refractivity contribution in [1.82, 2.24) is 9.88 Å². The molecular weight excluding hydrogens is 460 g/mol. The predicted molar refractivity (Wildman–Crippen MR) is 135 cm³/mol. The van der Waals surface area contributed by atoms with Crippen molar-refractivity contribution in [1.29, 1.82) is 0 Å². The van der Waals surface area contributed by atoms with E-state index < -0.39 is 5.97 Å². The number of hydrogen-bond acceptors (Lipinski definition) is 7. The molecular formula is C28H28N2O6. The van der Waals surface area contributed by atoms with Crippen molar-refractivity contribution in [2.24, 2.45) is 0 Å². The first-order chi connectivity index (χ1) is 17.6. The lowest BCUT2D eigenvalue weighted by atomic mass is 10.0. The molecule has 8 nitrogen and oxygen atoms in total. The zero-order valence-corrected chi connectivity index (χ0v) is 20.4. The third-order valence-corrected chi connectivity index (χ3v) is 6.58. The highest BCUT2D eigenvalue weighted by atomic mass is 16.5. The van der Waals surface area contributed by atoms with Gasteiger partial charge in [-0.15, -0.1) is 0 Å². The van der Waals surface area contributed by atoms with Gasteiger partial charge in [0.05, 0.1) is 44.2 Å². The molecule has 1 amide bonds. The number of rotatable bonds is 6. The second kappa shape index (κ2) is 10.4. The summed E-state index contributed by atoms with van der Waals surface area (Å²) in [6.45, 7) is 1.72. The Bertz CT molecular complexity index is 1340. The van der Waals surface area contributed by atoms with Crippen molar-refractivity contribution < 1.29 is 28.5 Å². The van der Waals surface area contributed by atoms with E-state index in [0.717, 1.165) is 34.2 Å². The molecule has 1 saturated heterocycles. The van der Waals surface area contributed by atoms with E-state index in [1.54, 1.807) is 19.1 Å². The fraction of sp³-hybridized carbons (Fsp3) is 0.321. The number of morpholine rings is 1. The Morgan fingerprint density at radius 3 is 2.58 bits per heavy atom. The van der Waals surface area contributed by atoms with Crippen LogP contribution in [-0.4, -0.2) is 68.9 Å². The van der Waals surface area contributed by atoms with Gasteiger partial charge in [-0.2, -0.15) is 0 Å². The number of carbonyl (C=O) groups is 2. The molecule has 2 aromatic carbocycles. The van der Waals surface area contributed by atoms with E-state index in [1.807, 2.05) is 42.5 Å². The standard InChI is InChI=1S/C28H28N2O6/c1-33-23-10-7-18(16-24(23)34-2)15-19-8-9-21-26(20-5-3-4-6-22(20)29-27(19)21)28(32)36-17-25(31)30-11-13-35-14-12-30/h3-7,10,15-16H,8-9,11-14,17H2,1-2H3. The summed E-state index contributed by atoms with van der Waals surface area (Å²) in [6, 6.07) is 13.3. The van der Waals surface area contributed by atoms with E-state index >= 15 is 0 Å². The van der Waals surface area contributed by atoms with Gasteiger partial charge in [-0.1, -0.05) is 24.3 Å². The first-order valence-corrected chi connectivity index (χ1v) is 12.0. The molecule has 0 spiro atoms. The van der Waals surface area contributed by atoms with Gasteiger partial charge < -0.3 is 23.8 Å². The van der Waals surface area contributed by atoms with E-state index in [9.17, 15) is 9.59 Å². The number of benzene rings is 2. The Balaban J connectivity index is 1.47. The molecule has 1 fully saturated rings. The van der Waals surface area contributed by atoms with Gasteiger partial charge in [0.2, 0.25) is 0 Å². The summed E-state index contributed by atoms with van der Waals surface area (Å²) in [5, 5.41) is 0.729. The first kappa shape index (κ1) is 23.8. The second-order valence-corrected chi connectivity index (χ2v) is 8.68. The van der Waals surface area contributed by atoms with Crippen LogP contribution in [-0.2, 0) is 20.7 Å². The molecule has 0 saturated carbocycles. The topological polar surface area (TPSA) is 87.2 Å². The fourth-order valence-electron chi connectivity index (χ4n) is 4.76. The van der Waals surface area contributed by atoms with Gasteiger partial charge in [-0.3, -0.25) is 4.79 Å². The number of ether oxygens (including phenoxy) is 4. The molecule has 186 valence electrons. The second-order valence-electron chi connectivity index (χ2n) is 8.68. The largest absolute Gasteiger partial charge is 0.493 e. The van der Waals surface area contributed by atoms with Gasteiger partial charge in [0.25, 0.3) is 5.91 Å². The SMILES string of the molecule is COc1ccc(C=C2CCc3c2nc2ccccc2c3C(=O)OCC(=O)N2CCOCC2)cc1OC. The van der Waals surface area contributed by atoms with Crippen molar-refractivity contribution in [3.63, 3.8) is 0 Å². The number of hydrogen-bond donors (Lipinski definition) is 0. The van der Waals surface area contributed by atoms with Gasteiger partial charge in [0.1, 0.15) is 0 Å². The lowest BCUT2D eigenvalue weighted by Gasteiger charge is -2.26. The fourth-order valence-corrected chi connectivity index (χ4v) is 4.76. The third-order valence-electron chi connectivity index (χ3n) is 6.58. The molecule has 1 aromatic heterocycles. The minimum absolute atomic E-state index is 0.212. The highest BCUT2D eigenvalue weighted by Gasteiger charge is 2.28. The molecule has 2 aliphatic rings. The molecule has 0 atom stereocenters. The van der Waals surface area contributed by atoms with Gasteiger partial charge in [-0.05, 0) is 53.8 Å². The summed E-state index contributed by atoms with van der Waals surface area (Å²) in [4.78, 5) is 32.4. The van der Waals surface area contributed by atoms with Crippen LogP contribution in [0, 0.1) is 0 Å². The normalized spacial score (nSPS) is 16.2. The van der Waals surface area contributed by atoms with Crippen LogP contribution in [0.25, 0.3) is 22.6 Å². The van der Waals surface area contributed by atoms with E-state index in [1.165, 1.54) is 0 Å². The number of methoxy groups -OCH3 is 2. The molecule has 36 heavy (non-hydrogen) atoms. The molecule has 8 heteroatoms. The minimum Gasteiger partial charge on any atom is -0.493 e. The molecule has 0 N–H and O–H groups in total. The Hall–Kier alpha value is -3.91. The number of esters is 1. The van der Waals surface area contributed by atoms with Crippen LogP contribution in [0.2, 0.25) is 0 Å². The van der Waals surface area contributed by atoms with Crippen molar-refractivity contribution in [2.45, 2.75) is 12.8 Å². The van der Waals surface area contributed by atoms with Crippen LogP contribution in [0.4, 0.5) is 0 Å². The predicted octanol–water partition coefficient (Wildman–Crippen LogP) is 3.75. The Morgan fingerprint density at radius 1 is 1.03 bits per heavy atom. The Labute approximate surface area is 209 Å². The third kappa shape index (κ3) is 4.64. The summed E-state index contributed by atoms with van der Waals surface area (Å²) in [5.74, 6) is 0.590. The number of pyridine rings is 1. The molecule has 2 heterocycles.